The monoisotopic (exact) mass is 424 g/mol. The third-order valence-electron chi connectivity index (χ3n) is 4.92. The van der Waals surface area contributed by atoms with Crippen LogP contribution in [0.15, 0.2) is 24.3 Å². The third-order valence-corrected chi connectivity index (χ3v) is 4.92. The molecule has 2 heterocycles. The van der Waals surface area contributed by atoms with Gasteiger partial charge in [-0.15, -0.1) is 37.2 Å². The van der Waals surface area contributed by atoms with Crippen molar-refractivity contribution in [2.24, 2.45) is 0 Å². The van der Waals surface area contributed by atoms with Gasteiger partial charge in [-0.2, -0.15) is 0 Å². The molecule has 0 aliphatic carbocycles. The number of piperazine rings is 1. The molecule has 2 fully saturated rings. The number of hydrogen-bond acceptors (Lipinski definition) is 4. The number of amides is 1. The van der Waals surface area contributed by atoms with E-state index in [2.05, 4.69) is 39.5 Å². The molecule has 8 heteroatoms. The van der Waals surface area contributed by atoms with Crippen LogP contribution in [0.5, 0.6) is 0 Å². The van der Waals surface area contributed by atoms with Crippen molar-refractivity contribution in [3.63, 3.8) is 0 Å². The van der Waals surface area contributed by atoms with Crippen LogP contribution in [-0.2, 0) is 11.3 Å². The van der Waals surface area contributed by atoms with Gasteiger partial charge in [0, 0.05) is 38.4 Å². The van der Waals surface area contributed by atoms with E-state index in [1.807, 2.05) is 12.1 Å². The second kappa shape index (κ2) is 12.8. The molecular weight excluding hydrogens is 395 g/mol. The Kier molecular flexibility index (Phi) is 12.5. The van der Waals surface area contributed by atoms with E-state index in [1.54, 1.807) is 0 Å². The standard InChI is InChI=1S/C18H28N4O.3ClH/c1-2-21-10-12-22(13-11-21)14-15-5-7-16(8-6-15)20-18(23)17-4-3-9-19-17;;;/h5-8,17,19H,2-4,9-14H2,1H3,(H,20,23);3*1H. The lowest BCUT2D eigenvalue weighted by Crippen LogP contribution is -2.45. The Balaban J connectivity index is 0.00000208. The predicted octanol–water partition coefficient (Wildman–Crippen LogP) is 2.78. The van der Waals surface area contributed by atoms with Crippen molar-refractivity contribution in [1.82, 2.24) is 15.1 Å². The summed E-state index contributed by atoms with van der Waals surface area (Å²) in [6.07, 6.45) is 2.02. The van der Waals surface area contributed by atoms with Crippen LogP contribution < -0.4 is 10.6 Å². The Morgan fingerprint density at radius 2 is 1.69 bits per heavy atom. The highest BCUT2D eigenvalue weighted by Crippen LogP contribution is 2.14. The van der Waals surface area contributed by atoms with Crippen molar-refractivity contribution < 1.29 is 4.79 Å². The summed E-state index contributed by atoms with van der Waals surface area (Å²) >= 11 is 0. The molecule has 0 radical (unpaired) electrons. The van der Waals surface area contributed by atoms with Crippen LogP contribution in [0.1, 0.15) is 25.3 Å². The molecule has 1 unspecified atom stereocenters. The fraction of sp³-hybridized carbons (Fsp3) is 0.611. The van der Waals surface area contributed by atoms with Crippen LogP contribution in [0.25, 0.3) is 0 Å². The number of nitrogens with zero attached hydrogens (tertiary/aromatic N) is 2. The van der Waals surface area contributed by atoms with E-state index in [4.69, 9.17) is 0 Å². The smallest absolute Gasteiger partial charge is 0.241 e. The van der Waals surface area contributed by atoms with Crippen LogP contribution >= 0.6 is 37.2 Å². The topological polar surface area (TPSA) is 47.6 Å². The van der Waals surface area contributed by atoms with Crippen LogP contribution in [0.3, 0.4) is 0 Å². The zero-order valence-corrected chi connectivity index (χ0v) is 17.7. The van der Waals surface area contributed by atoms with Gasteiger partial charge in [0.25, 0.3) is 0 Å². The molecular formula is C18H31Cl3N4O. The Labute approximate surface area is 175 Å². The number of carbonyl (C=O) groups is 1. The molecule has 150 valence electrons. The molecule has 2 N–H and O–H groups in total. The normalized spacial score (nSPS) is 20.4. The number of likely N-dealkylation sites (N-methyl/N-ethyl adjacent to an activating group) is 1. The lowest BCUT2D eigenvalue weighted by molar-refractivity contribution is -0.117. The van der Waals surface area contributed by atoms with E-state index in [0.717, 1.165) is 51.3 Å². The van der Waals surface area contributed by atoms with Gasteiger partial charge in [-0.3, -0.25) is 9.69 Å². The fourth-order valence-corrected chi connectivity index (χ4v) is 3.35. The first-order valence-electron chi connectivity index (χ1n) is 8.82. The predicted molar refractivity (Wildman–Crippen MR) is 115 cm³/mol. The minimum Gasteiger partial charge on any atom is -0.325 e. The van der Waals surface area contributed by atoms with Crippen molar-refractivity contribution in [2.75, 3.05) is 44.6 Å². The molecule has 0 saturated carbocycles. The Bertz CT molecular complexity index is 516. The lowest BCUT2D eigenvalue weighted by Gasteiger charge is -2.34. The van der Waals surface area contributed by atoms with E-state index in [-0.39, 0.29) is 49.2 Å². The molecule has 1 aromatic rings. The van der Waals surface area contributed by atoms with Gasteiger partial charge >= 0.3 is 0 Å². The van der Waals surface area contributed by atoms with Gasteiger partial charge in [0.2, 0.25) is 5.91 Å². The summed E-state index contributed by atoms with van der Waals surface area (Å²) < 4.78 is 0. The third kappa shape index (κ3) is 7.22. The van der Waals surface area contributed by atoms with E-state index in [0.29, 0.717) is 0 Å². The van der Waals surface area contributed by atoms with E-state index >= 15 is 0 Å². The van der Waals surface area contributed by atoms with Gasteiger partial charge < -0.3 is 15.5 Å². The number of halogens is 3. The number of rotatable bonds is 5. The second-order valence-corrected chi connectivity index (χ2v) is 6.55. The van der Waals surface area contributed by atoms with Crippen LogP contribution in [-0.4, -0.2) is 61.0 Å². The number of anilines is 1. The Hall–Kier alpha value is -0.560. The maximum atomic E-state index is 12.1. The summed E-state index contributed by atoms with van der Waals surface area (Å²) in [7, 11) is 0. The first-order valence-corrected chi connectivity index (χ1v) is 8.82. The van der Waals surface area contributed by atoms with Crippen molar-refractivity contribution >= 4 is 48.8 Å². The summed E-state index contributed by atoms with van der Waals surface area (Å²) in [4.78, 5) is 17.1. The van der Waals surface area contributed by atoms with Crippen LogP contribution in [0, 0.1) is 0 Å². The summed E-state index contributed by atoms with van der Waals surface area (Å²) in [5.41, 5.74) is 2.20. The van der Waals surface area contributed by atoms with Gasteiger partial charge in [0.15, 0.2) is 0 Å². The summed E-state index contributed by atoms with van der Waals surface area (Å²) in [5, 5.41) is 6.23. The molecule has 1 aromatic carbocycles. The Morgan fingerprint density at radius 1 is 1.08 bits per heavy atom. The van der Waals surface area contributed by atoms with Gasteiger partial charge in [0.05, 0.1) is 6.04 Å². The number of nitrogens with one attached hydrogen (secondary N) is 2. The molecule has 5 nitrogen and oxygen atoms in total. The quantitative estimate of drug-likeness (QED) is 0.761. The molecule has 2 aliphatic heterocycles. The van der Waals surface area contributed by atoms with Crippen LogP contribution in [0.2, 0.25) is 0 Å². The van der Waals surface area contributed by atoms with Gasteiger partial charge in [-0.25, -0.2) is 0 Å². The first kappa shape index (κ1) is 25.4. The maximum absolute atomic E-state index is 12.1. The van der Waals surface area contributed by atoms with E-state index < -0.39 is 0 Å². The van der Waals surface area contributed by atoms with E-state index in [9.17, 15) is 4.79 Å². The van der Waals surface area contributed by atoms with Gasteiger partial charge in [0.1, 0.15) is 0 Å². The molecule has 3 rings (SSSR count). The molecule has 1 atom stereocenters. The highest BCUT2D eigenvalue weighted by molar-refractivity contribution is 5.95. The molecule has 0 aromatic heterocycles. The van der Waals surface area contributed by atoms with Gasteiger partial charge in [-0.05, 0) is 43.6 Å². The molecule has 0 bridgehead atoms. The molecule has 1 amide bonds. The Morgan fingerprint density at radius 3 is 2.23 bits per heavy atom. The summed E-state index contributed by atoms with van der Waals surface area (Å²) in [6, 6.07) is 8.27. The average molecular weight is 426 g/mol. The molecule has 2 aliphatic rings. The summed E-state index contributed by atoms with van der Waals surface area (Å²) in [6.45, 7) is 9.93. The second-order valence-electron chi connectivity index (χ2n) is 6.55. The van der Waals surface area contributed by atoms with Crippen molar-refractivity contribution in [3.05, 3.63) is 29.8 Å². The number of benzene rings is 1. The average Bonchev–Trinajstić information content (AvgIpc) is 3.12. The SMILES string of the molecule is CCN1CCN(Cc2ccc(NC(=O)C3CCCN3)cc2)CC1.Cl.Cl.Cl. The zero-order chi connectivity index (χ0) is 16.1. The van der Waals surface area contributed by atoms with Crippen LogP contribution in [0.4, 0.5) is 5.69 Å². The van der Waals surface area contributed by atoms with Crippen molar-refractivity contribution in [2.45, 2.75) is 32.4 Å². The van der Waals surface area contributed by atoms with Gasteiger partial charge in [-0.1, -0.05) is 19.1 Å². The van der Waals surface area contributed by atoms with Crippen molar-refractivity contribution in [1.29, 1.82) is 0 Å². The number of hydrogen-bond donors (Lipinski definition) is 2. The zero-order valence-electron chi connectivity index (χ0n) is 15.3. The lowest BCUT2D eigenvalue weighted by atomic mass is 10.1. The largest absolute Gasteiger partial charge is 0.325 e. The summed E-state index contributed by atoms with van der Waals surface area (Å²) in [5.74, 6) is 0.0888. The minimum absolute atomic E-state index is 0. The first-order chi connectivity index (χ1) is 11.2. The number of carbonyl (C=O) groups excluding carboxylic acids is 1. The molecule has 26 heavy (non-hydrogen) atoms. The molecule has 0 spiro atoms. The minimum atomic E-state index is -0.0236. The van der Waals surface area contributed by atoms with Crippen molar-refractivity contribution in [3.8, 4) is 0 Å². The van der Waals surface area contributed by atoms with E-state index in [1.165, 1.54) is 18.7 Å². The molecule has 2 saturated heterocycles. The fourth-order valence-electron chi connectivity index (χ4n) is 3.35. The highest BCUT2D eigenvalue weighted by Gasteiger charge is 2.21. The maximum Gasteiger partial charge on any atom is 0.241 e. The highest BCUT2D eigenvalue weighted by atomic mass is 35.5.